The van der Waals surface area contributed by atoms with Crippen molar-refractivity contribution in [3.63, 3.8) is 0 Å². The molecule has 4 nitrogen and oxygen atoms in total. The number of hydrogen-bond donors (Lipinski definition) is 1. The highest BCUT2D eigenvalue weighted by Gasteiger charge is 2.13. The van der Waals surface area contributed by atoms with Crippen molar-refractivity contribution in [1.82, 2.24) is 9.97 Å². The number of aromatic nitrogens is 2. The molecule has 0 bridgehead atoms. The molecule has 1 fully saturated rings. The molecule has 0 saturated carbocycles. The Labute approximate surface area is 84.2 Å². The largest absolute Gasteiger partial charge is 0.341 e. The summed E-state index contributed by atoms with van der Waals surface area (Å²) in [6.45, 7) is 2.85. The summed E-state index contributed by atoms with van der Waals surface area (Å²) >= 11 is 0. The molecule has 14 heavy (non-hydrogen) atoms. The van der Waals surface area contributed by atoms with Gasteiger partial charge in [-0.2, -0.15) is 0 Å². The van der Waals surface area contributed by atoms with Crippen molar-refractivity contribution in [2.75, 3.05) is 24.5 Å². The van der Waals surface area contributed by atoms with Gasteiger partial charge < -0.3 is 10.6 Å². The lowest BCUT2D eigenvalue weighted by Gasteiger charge is -2.14. The zero-order valence-corrected chi connectivity index (χ0v) is 8.32. The highest BCUT2D eigenvalue weighted by atomic mass is 15.3. The molecule has 0 unspecified atom stereocenters. The average molecular weight is 192 g/mol. The average Bonchev–Trinajstić information content (AvgIpc) is 2.72. The lowest BCUT2D eigenvalue weighted by molar-refractivity contribution is 0.877. The molecule has 0 radical (unpaired) electrons. The molecule has 1 saturated heterocycles. The number of nitrogens with zero attached hydrogens (tertiary/aromatic N) is 3. The number of rotatable bonds is 3. The van der Waals surface area contributed by atoms with Gasteiger partial charge in [0.1, 0.15) is 0 Å². The summed E-state index contributed by atoms with van der Waals surface area (Å²) in [5.74, 6) is 0.864. The lowest BCUT2D eigenvalue weighted by Crippen LogP contribution is -2.20. The van der Waals surface area contributed by atoms with Gasteiger partial charge in [-0.3, -0.25) is 0 Å². The van der Waals surface area contributed by atoms with Crippen molar-refractivity contribution in [2.45, 2.75) is 19.3 Å². The molecule has 0 atom stereocenters. The summed E-state index contributed by atoms with van der Waals surface area (Å²) in [6.07, 6.45) is 7.14. The minimum Gasteiger partial charge on any atom is -0.341 e. The highest BCUT2D eigenvalue weighted by Crippen LogP contribution is 2.14. The molecule has 4 heteroatoms. The normalized spacial score (nSPS) is 16.2. The first kappa shape index (κ1) is 9.40. The van der Waals surface area contributed by atoms with Gasteiger partial charge in [-0.1, -0.05) is 0 Å². The van der Waals surface area contributed by atoms with Crippen LogP contribution in [0.25, 0.3) is 0 Å². The topological polar surface area (TPSA) is 55.0 Å². The van der Waals surface area contributed by atoms with Gasteiger partial charge in [0, 0.05) is 25.5 Å². The first-order valence-electron chi connectivity index (χ1n) is 5.16. The Morgan fingerprint density at radius 3 is 2.43 bits per heavy atom. The molecule has 1 aromatic rings. The van der Waals surface area contributed by atoms with Crippen LogP contribution in [0.3, 0.4) is 0 Å². The fourth-order valence-electron chi connectivity index (χ4n) is 1.72. The van der Waals surface area contributed by atoms with Crippen molar-refractivity contribution in [3.05, 3.63) is 18.0 Å². The standard InChI is InChI=1S/C10H16N4/c11-4-3-9-7-12-10(13-8-9)14-5-1-2-6-14/h7-8H,1-6,11H2. The van der Waals surface area contributed by atoms with Gasteiger partial charge in [0.2, 0.25) is 5.95 Å². The van der Waals surface area contributed by atoms with Crippen molar-refractivity contribution >= 4 is 5.95 Å². The highest BCUT2D eigenvalue weighted by molar-refractivity contribution is 5.30. The monoisotopic (exact) mass is 192 g/mol. The van der Waals surface area contributed by atoms with E-state index < -0.39 is 0 Å². The van der Waals surface area contributed by atoms with E-state index in [2.05, 4.69) is 14.9 Å². The van der Waals surface area contributed by atoms with E-state index in [1.54, 1.807) is 0 Å². The van der Waals surface area contributed by atoms with E-state index >= 15 is 0 Å². The van der Waals surface area contributed by atoms with Crippen LogP contribution in [0.4, 0.5) is 5.95 Å². The zero-order chi connectivity index (χ0) is 9.80. The molecule has 2 rings (SSSR count). The number of nitrogens with two attached hydrogens (primary N) is 1. The van der Waals surface area contributed by atoms with Crippen LogP contribution in [0.1, 0.15) is 18.4 Å². The van der Waals surface area contributed by atoms with Gasteiger partial charge in [-0.25, -0.2) is 9.97 Å². The van der Waals surface area contributed by atoms with E-state index in [-0.39, 0.29) is 0 Å². The maximum Gasteiger partial charge on any atom is 0.225 e. The molecule has 1 aromatic heterocycles. The fourth-order valence-corrected chi connectivity index (χ4v) is 1.72. The predicted octanol–water partition coefficient (Wildman–Crippen LogP) is 0.578. The van der Waals surface area contributed by atoms with Crippen molar-refractivity contribution in [2.24, 2.45) is 5.73 Å². The van der Waals surface area contributed by atoms with Crippen LogP contribution in [-0.2, 0) is 6.42 Å². The minimum atomic E-state index is 0.659. The molecule has 76 valence electrons. The second kappa shape index (κ2) is 4.37. The molecule has 2 N–H and O–H groups in total. The van der Waals surface area contributed by atoms with Gasteiger partial charge in [-0.05, 0) is 31.4 Å². The molecule has 0 aromatic carbocycles. The Bertz CT molecular complexity index is 277. The smallest absolute Gasteiger partial charge is 0.225 e. The Morgan fingerprint density at radius 1 is 1.21 bits per heavy atom. The van der Waals surface area contributed by atoms with E-state index in [0.717, 1.165) is 31.0 Å². The third-order valence-corrected chi connectivity index (χ3v) is 2.51. The van der Waals surface area contributed by atoms with Gasteiger partial charge in [0.05, 0.1) is 0 Å². The van der Waals surface area contributed by atoms with Gasteiger partial charge in [0.25, 0.3) is 0 Å². The lowest BCUT2D eigenvalue weighted by atomic mass is 10.2. The molecule has 0 spiro atoms. The fraction of sp³-hybridized carbons (Fsp3) is 0.600. The first-order valence-corrected chi connectivity index (χ1v) is 5.16. The summed E-state index contributed by atoms with van der Waals surface area (Å²) in [6, 6.07) is 0. The molecule has 0 aliphatic carbocycles. The second-order valence-electron chi connectivity index (χ2n) is 3.62. The molecular formula is C10H16N4. The Hall–Kier alpha value is -1.16. The van der Waals surface area contributed by atoms with E-state index in [4.69, 9.17) is 5.73 Å². The molecule has 2 heterocycles. The third kappa shape index (κ3) is 2.01. The first-order chi connectivity index (χ1) is 6.90. The van der Waals surface area contributed by atoms with Crippen LogP contribution < -0.4 is 10.6 Å². The summed E-state index contributed by atoms with van der Waals surface area (Å²) in [4.78, 5) is 10.9. The van der Waals surface area contributed by atoms with Crippen LogP contribution >= 0.6 is 0 Å². The molecule has 1 aliphatic rings. The van der Waals surface area contributed by atoms with E-state index in [1.165, 1.54) is 12.8 Å². The molecule has 0 amide bonds. The summed E-state index contributed by atoms with van der Waals surface area (Å²) in [5, 5.41) is 0. The van der Waals surface area contributed by atoms with Gasteiger partial charge >= 0.3 is 0 Å². The maximum absolute atomic E-state index is 5.45. The Balaban J connectivity index is 2.05. The van der Waals surface area contributed by atoms with E-state index in [0.29, 0.717) is 6.54 Å². The van der Waals surface area contributed by atoms with Crippen LogP contribution in [0.15, 0.2) is 12.4 Å². The SMILES string of the molecule is NCCc1cnc(N2CCCC2)nc1. The van der Waals surface area contributed by atoms with E-state index in [1.807, 2.05) is 12.4 Å². The molecule has 1 aliphatic heterocycles. The maximum atomic E-state index is 5.45. The Kier molecular flexibility index (Phi) is 2.93. The van der Waals surface area contributed by atoms with Crippen LogP contribution in [0.2, 0.25) is 0 Å². The predicted molar refractivity (Wildman–Crippen MR) is 56.2 cm³/mol. The van der Waals surface area contributed by atoms with Gasteiger partial charge in [-0.15, -0.1) is 0 Å². The van der Waals surface area contributed by atoms with Crippen molar-refractivity contribution in [3.8, 4) is 0 Å². The summed E-state index contributed by atoms with van der Waals surface area (Å²) in [7, 11) is 0. The Morgan fingerprint density at radius 2 is 1.86 bits per heavy atom. The van der Waals surface area contributed by atoms with Crippen molar-refractivity contribution in [1.29, 1.82) is 0 Å². The van der Waals surface area contributed by atoms with Crippen molar-refractivity contribution < 1.29 is 0 Å². The van der Waals surface area contributed by atoms with Gasteiger partial charge in [0.15, 0.2) is 0 Å². The number of hydrogen-bond acceptors (Lipinski definition) is 4. The van der Waals surface area contributed by atoms with E-state index in [9.17, 15) is 0 Å². The quantitative estimate of drug-likeness (QED) is 0.761. The van der Waals surface area contributed by atoms with Crippen LogP contribution in [0.5, 0.6) is 0 Å². The number of anilines is 1. The third-order valence-electron chi connectivity index (χ3n) is 2.51. The van der Waals surface area contributed by atoms with Crippen LogP contribution in [0, 0.1) is 0 Å². The zero-order valence-electron chi connectivity index (χ0n) is 8.32. The summed E-state index contributed by atoms with van der Waals surface area (Å²) < 4.78 is 0. The minimum absolute atomic E-state index is 0.659. The summed E-state index contributed by atoms with van der Waals surface area (Å²) in [5.41, 5.74) is 6.58. The van der Waals surface area contributed by atoms with Crippen LogP contribution in [-0.4, -0.2) is 29.6 Å². The second-order valence-corrected chi connectivity index (χ2v) is 3.62. The molecular weight excluding hydrogens is 176 g/mol.